The number of aryl methyl sites for hydroxylation is 1. The van der Waals surface area contributed by atoms with Crippen LogP contribution in [0.3, 0.4) is 0 Å². The van der Waals surface area contributed by atoms with Crippen LogP contribution < -0.4 is 5.32 Å². The highest BCUT2D eigenvalue weighted by Gasteiger charge is 2.34. The number of alkyl halides is 3. The van der Waals surface area contributed by atoms with Gasteiger partial charge in [-0.05, 0) is 50.3 Å². The first-order chi connectivity index (χ1) is 8.52. The molecule has 1 saturated carbocycles. The molecule has 1 N–H and O–H groups in total. The van der Waals surface area contributed by atoms with Crippen LogP contribution in [0.2, 0.25) is 0 Å². The summed E-state index contributed by atoms with van der Waals surface area (Å²) < 4.78 is 38.4. The monoisotopic (exact) mass is 257 g/mol. The Morgan fingerprint density at radius 1 is 1.28 bits per heavy atom. The van der Waals surface area contributed by atoms with E-state index in [2.05, 4.69) is 5.32 Å². The second kappa shape index (κ2) is 5.31. The molecule has 1 aromatic carbocycles. The van der Waals surface area contributed by atoms with Crippen molar-refractivity contribution in [3.63, 3.8) is 0 Å². The Bertz CT molecular complexity index is 396. The molecule has 0 aliphatic heterocycles. The third kappa shape index (κ3) is 3.25. The van der Waals surface area contributed by atoms with E-state index in [1.807, 2.05) is 7.05 Å². The predicted molar refractivity (Wildman–Crippen MR) is 65.3 cm³/mol. The quantitative estimate of drug-likeness (QED) is 0.849. The molecular weight excluding hydrogens is 239 g/mol. The van der Waals surface area contributed by atoms with E-state index in [1.54, 1.807) is 12.1 Å². The van der Waals surface area contributed by atoms with Crippen molar-refractivity contribution in [2.45, 2.75) is 37.9 Å². The highest BCUT2D eigenvalue weighted by atomic mass is 19.4. The van der Waals surface area contributed by atoms with Crippen LogP contribution in [0, 0.1) is 5.92 Å². The summed E-state index contributed by atoms with van der Waals surface area (Å²) in [6.45, 7) is 0. The van der Waals surface area contributed by atoms with E-state index in [9.17, 15) is 13.2 Å². The van der Waals surface area contributed by atoms with Crippen LogP contribution in [0.25, 0.3) is 0 Å². The number of hydrogen-bond donors (Lipinski definition) is 1. The first-order valence-electron chi connectivity index (χ1n) is 6.34. The maximum Gasteiger partial charge on any atom is 0.416 e. The minimum absolute atomic E-state index is 0.353. The minimum Gasteiger partial charge on any atom is -0.317 e. The molecule has 1 atom stereocenters. The number of nitrogens with one attached hydrogen (secondary N) is 1. The van der Waals surface area contributed by atoms with Gasteiger partial charge in [0.05, 0.1) is 5.56 Å². The second-order valence-electron chi connectivity index (χ2n) is 4.93. The van der Waals surface area contributed by atoms with Crippen molar-refractivity contribution in [2.75, 3.05) is 7.05 Å². The molecule has 1 nitrogen and oxygen atoms in total. The predicted octanol–water partition coefficient (Wildman–Crippen LogP) is 3.64. The fraction of sp³-hybridized carbons (Fsp3) is 0.571. The highest BCUT2D eigenvalue weighted by Crippen LogP contribution is 2.36. The van der Waals surface area contributed by atoms with Gasteiger partial charge in [-0.25, -0.2) is 0 Å². The molecule has 0 spiro atoms. The van der Waals surface area contributed by atoms with E-state index in [1.165, 1.54) is 25.0 Å². The zero-order chi connectivity index (χ0) is 13.2. The smallest absolute Gasteiger partial charge is 0.317 e. The van der Waals surface area contributed by atoms with E-state index < -0.39 is 11.7 Å². The van der Waals surface area contributed by atoms with Gasteiger partial charge in [-0.15, -0.1) is 0 Å². The van der Waals surface area contributed by atoms with Crippen molar-refractivity contribution in [2.24, 2.45) is 5.92 Å². The van der Waals surface area contributed by atoms with Crippen molar-refractivity contribution in [3.8, 4) is 0 Å². The molecule has 0 aromatic heterocycles. The standard InChI is InChI=1S/C14H18F3N/c1-18-13(11-6-7-11)9-8-10-4-2-3-5-12(10)14(15,16)17/h2-5,11,13,18H,6-9H2,1H3. The summed E-state index contributed by atoms with van der Waals surface area (Å²) in [4.78, 5) is 0. The van der Waals surface area contributed by atoms with Gasteiger partial charge in [0, 0.05) is 6.04 Å². The Morgan fingerprint density at radius 2 is 1.94 bits per heavy atom. The summed E-state index contributed by atoms with van der Waals surface area (Å²) in [6, 6.07) is 6.23. The molecule has 18 heavy (non-hydrogen) atoms. The van der Waals surface area contributed by atoms with Crippen LogP contribution in [-0.4, -0.2) is 13.1 Å². The van der Waals surface area contributed by atoms with E-state index in [0.717, 1.165) is 6.42 Å². The average Bonchev–Trinajstić information content (AvgIpc) is 3.13. The normalized spacial score (nSPS) is 17.8. The van der Waals surface area contributed by atoms with Crippen LogP contribution in [-0.2, 0) is 12.6 Å². The largest absolute Gasteiger partial charge is 0.416 e. The van der Waals surface area contributed by atoms with Crippen LogP contribution in [0.1, 0.15) is 30.4 Å². The topological polar surface area (TPSA) is 12.0 Å². The highest BCUT2D eigenvalue weighted by molar-refractivity contribution is 5.29. The zero-order valence-electron chi connectivity index (χ0n) is 10.4. The van der Waals surface area contributed by atoms with Gasteiger partial charge in [-0.1, -0.05) is 18.2 Å². The second-order valence-corrected chi connectivity index (χ2v) is 4.93. The summed E-state index contributed by atoms with van der Waals surface area (Å²) in [6.07, 6.45) is -0.587. The molecule has 1 aliphatic carbocycles. The van der Waals surface area contributed by atoms with Crippen LogP contribution in [0.15, 0.2) is 24.3 Å². The van der Waals surface area contributed by atoms with Crippen LogP contribution >= 0.6 is 0 Å². The van der Waals surface area contributed by atoms with Crippen molar-refractivity contribution in [1.82, 2.24) is 5.32 Å². The lowest BCUT2D eigenvalue weighted by Gasteiger charge is -2.17. The molecule has 2 rings (SSSR count). The number of halogens is 3. The van der Waals surface area contributed by atoms with Crippen molar-refractivity contribution in [3.05, 3.63) is 35.4 Å². The first kappa shape index (κ1) is 13.4. The lowest BCUT2D eigenvalue weighted by atomic mass is 9.98. The first-order valence-corrected chi connectivity index (χ1v) is 6.34. The van der Waals surface area contributed by atoms with Gasteiger partial charge in [0.15, 0.2) is 0 Å². The molecule has 4 heteroatoms. The van der Waals surface area contributed by atoms with E-state index in [0.29, 0.717) is 23.9 Å². The molecule has 0 radical (unpaired) electrons. The Balaban J connectivity index is 2.04. The molecule has 100 valence electrons. The molecule has 0 saturated heterocycles. The summed E-state index contributed by atoms with van der Waals surface area (Å²) >= 11 is 0. The molecule has 1 fully saturated rings. The van der Waals surface area contributed by atoms with Gasteiger partial charge in [-0.3, -0.25) is 0 Å². The van der Waals surface area contributed by atoms with Crippen LogP contribution in [0.4, 0.5) is 13.2 Å². The molecule has 0 bridgehead atoms. The summed E-state index contributed by atoms with van der Waals surface area (Å²) in [5.74, 6) is 0.660. The van der Waals surface area contributed by atoms with E-state index in [4.69, 9.17) is 0 Å². The number of benzene rings is 1. The fourth-order valence-electron chi connectivity index (χ4n) is 2.44. The summed E-state index contributed by atoms with van der Waals surface area (Å²) in [5, 5.41) is 3.21. The number of rotatable bonds is 5. The van der Waals surface area contributed by atoms with Crippen molar-refractivity contribution in [1.29, 1.82) is 0 Å². The third-order valence-electron chi connectivity index (χ3n) is 3.61. The molecule has 1 aromatic rings. The van der Waals surface area contributed by atoms with Gasteiger partial charge in [0.1, 0.15) is 0 Å². The molecule has 0 heterocycles. The molecule has 1 aliphatic rings. The van der Waals surface area contributed by atoms with Crippen LogP contribution in [0.5, 0.6) is 0 Å². The minimum atomic E-state index is -4.24. The Morgan fingerprint density at radius 3 is 2.50 bits per heavy atom. The number of hydrogen-bond acceptors (Lipinski definition) is 1. The van der Waals surface area contributed by atoms with Crippen molar-refractivity contribution >= 4 is 0 Å². The lowest BCUT2D eigenvalue weighted by Crippen LogP contribution is -2.28. The van der Waals surface area contributed by atoms with Gasteiger partial charge >= 0.3 is 6.18 Å². The Hall–Kier alpha value is -1.03. The van der Waals surface area contributed by atoms with E-state index >= 15 is 0 Å². The summed E-state index contributed by atoms with van der Waals surface area (Å²) in [7, 11) is 1.89. The average molecular weight is 257 g/mol. The van der Waals surface area contributed by atoms with Gasteiger partial charge in [0.25, 0.3) is 0 Å². The molecular formula is C14H18F3N. The van der Waals surface area contributed by atoms with Gasteiger partial charge < -0.3 is 5.32 Å². The van der Waals surface area contributed by atoms with Crippen molar-refractivity contribution < 1.29 is 13.2 Å². The Labute approximate surface area is 105 Å². The maximum atomic E-state index is 12.8. The molecule has 0 amide bonds. The van der Waals surface area contributed by atoms with Gasteiger partial charge in [-0.2, -0.15) is 13.2 Å². The lowest BCUT2D eigenvalue weighted by molar-refractivity contribution is -0.138. The zero-order valence-corrected chi connectivity index (χ0v) is 10.4. The third-order valence-corrected chi connectivity index (χ3v) is 3.61. The van der Waals surface area contributed by atoms with E-state index in [-0.39, 0.29) is 0 Å². The summed E-state index contributed by atoms with van der Waals surface area (Å²) in [5.41, 5.74) is -0.0819. The fourth-order valence-corrected chi connectivity index (χ4v) is 2.44. The maximum absolute atomic E-state index is 12.8. The Kier molecular flexibility index (Phi) is 3.95. The molecule has 1 unspecified atom stereocenters. The van der Waals surface area contributed by atoms with Gasteiger partial charge in [0.2, 0.25) is 0 Å². The SMILES string of the molecule is CNC(CCc1ccccc1C(F)(F)F)C1CC1.